The van der Waals surface area contributed by atoms with Gasteiger partial charge in [-0.2, -0.15) is 0 Å². The van der Waals surface area contributed by atoms with Crippen LogP contribution in [-0.4, -0.2) is 54.0 Å². The lowest BCUT2D eigenvalue weighted by atomic mass is 10.1. The van der Waals surface area contributed by atoms with Crippen LogP contribution in [0.4, 0.5) is 0 Å². The number of hydrogen-bond donors (Lipinski definition) is 1. The number of amides is 3. The van der Waals surface area contributed by atoms with Gasteiger partial charge in [0.15, 0.2) is 0 Å². The molecule has 1 aliphatic heterocycles. The van der Waals surface area contributed by atoms with Crippen LogP contribution in [0.3, 0.4) is 0 Å². The maximum atomic E-state index is 13.2. The first kappa shape index (κ1) is 26.7. The molecule has 0 radical (unpaired) electrons. The summed E-state index contributed by atoms with van der Waals surface area (Å²) in [5.41, 5.74) is 0.827. The molecule has 2 aromatic rings. The molecule has 0 aliphatic carbocycles. The predicted octanol–water partition coefficient (Wildman–Crippen LogP) is 3.60. The molecule has 1 aliphatic rings. The van der Waals surface area contributed by atoms with Crippen molar-refractivity contribution in [1.29, 1.82) is 0 Å². The van der Waals surface area contributed by atoms with Crippen LogP contribution in [0, 0.1) is 0 Å². The lowest BCUT2D eigenvalue weighted by molar-refractivity contribution is -0.141. The average Bonchev–Trinajstić information content (AvgIpc) is 3.03. The minimum Gasteiger partial charge on any atom is -0.352 e. The highest BCUT2D eigenvalue weighted by Crippen LogP contribution is 2.30. The van der Waals surface area contributed by atoms with Crippen LogP contribution >= 0.6 is 11.6 Å². The van der Waals surface area contributed by atoms with Crippen molar-refractivity contribution >= 4 is 39.3 Å². The number of hydrogen-bond acceptors (Lipinski definition) is 5. The van der Waals surface area contributed by atoms with Crippen LogP contribution < -0.4 is 5.32 Å². The van der Waals surface area contributed by atoms with E-state index in [1.54, 1.807) is 43.3 Å². The number of halogens is 1. The second-order valence-corrected chi connectivity index (χ2v) is 10.8. The molecule has 1 N–H and O–H groups in total. The third-order valence-electron chi connectivity index (χ3n) is 6.13. The summed E-state index contributed by atoms with van der Waals surface area (Å²) in [6.45, 7) is 5.48. The lowest BCUT2D eigenvalue weighted by Crippen LogP contribution is -2.49. The molecule has 0 bridgehead atoms. The quantitative estimate of drug-likeness (QED) is 0.516. The Morgan fingerprint density at radius 1 is 1.09 bits per heavy atom. The van der Waals surface area contributed by atoms with Crippen molar-refractivity contribution in [2.45, 2.75) is 63.6 Å². The van der Waals surface area contributed by atoms with Gasteiger partial charge in [-0.1, -0.05) is 48.9 Å². The number of carbonyl (C=O) groups excluding carboxylic acids is 3. The molecule has 0 unspecified atom stereocenters. The summed E-state index contributed by atoms with van der Waals surface area (Å²) in [5.74, 6) is -1.21. The van der Waals surface area contributed by atoms with E-state index in [9.17, 15) is 22.8 Å². The first-order chi connectivity index (χ1) is 16.6. The molecule has 0 spiro atoms. The zero-order chi connectivity index (χ0) is 25.8. The summed E-state index contributed by atoms with van der Waals surface area (Å²) in [7, 11) is -3.94. The van der Waals surface area contributed by atoms with Crippen molar-refractivity contribution in [3.05, 3.63) is 64.7 Å². The second kappa shape index (κ2) is 11.2. The van der Waals surface area contributed by atoms with Crippen molar-refractivity contribution in [3.63, 3.8) is 0 Å². The Balaban J connectivity index is 1.72. The number of benzene rings is 2. The standard InChI is InChI=1S/C25H30ClN3O5S/c1-4-17(2)27-24(31)18(3)28(16-19-10-5-7-12-21(19)26)23(30)14-9-15-29-25(32)20-11-6-8-13-22(20)35(29,33)34/h5-8,10-13,17-18H,4,9,14-16H2,1-3H3,(H,27,31)/t17-,18-/m0/s1. The van der Waals surface area contributed by atoms with E-state index in [1.165, 1.54) is 17.0 Å². The van der Waals surface area contributed by atoms with Crippen LogP contribution in [0.2, 0.25) is 5.02 Å². The van der Waals surface area contributed by atoms with Crippen molar-refractivity contribution in [2.24, 2.45) is 0 Å². The van der Waals surface area contributed by atoms with Crippen LogP contribution in [0.5, 0.6) is 0 Å². The zero-order valence-electron chi connectivity index (χ0n) is 20.0. The van der Waals surface area contributed by atoms with E-state index < -0.39 is 22.0 Å². The summed E-state index contributed by atoms with van der Waals surface area (Å²) >= 11 is 6.30. The van der Waals surface area contributed by atoms with Crippen molar-refractivity contribution in [3.8, 4) is 0 Å². The molecule has 188 valence electrons. The maximum Gasteiger partial charge on any atom is 0.269 e. The molecule has 0 aromatic heterocycles. The molecule has 0 saturated heterocycles. The van der Waals surface area contributed by atoms with E-state index >= 15 is 0 Å². The van der Waals surface area contributed by atoms with Crippen molar-refractivity contribution in [2.75, 3.05) is 6.54 Å². The van der Waals surface area contributed by atoms with Gasteiger partial charge in [-0.3, -0.25) is 14.4 Å². The Kier molecular flexibility index (Phi) is 8.56. The third-order valence-corrected chi connectivity index (χ3v) is 8.34. The topological polar surface area (TPSA) is 104 Å². The lowest BCUT2D eigenvalue weighted by Gasteiger charge is -2.30. The molecular formula is C25H30ClN3O5S. The van der Waals surface area contributed by atoms with Gasteiger partial charge in [0.1, 0.15) is 10.9 Å². The summed E-state index contributed by atoms with van der Waals surface area (Å²) in [5, 5.41) is 3.37. The number of nitrogens with one attached hydrogen (secondary N) is 1. The molecule has 1 heterocycles. The molecule has 35 heavy (non-hydrogen) atoms. The van der Waals surface area contributed by atoms with E-state index in [-0.39, 0.29) is 54.2 Å². The molecule has 10 heteroatoms. The molecular weight excluding hydrogens is 490 g/mol. The van der Waals surface area contributed by atoms with Gasteiger partial charge in [-0.05, 0) is 50.5 Å². The number of carbonyl (C=O) groups is 3. The fourth-order valence-electron chi connectivity index (χ4n) is 3.83. The number of rotatable bonds is 10. The van der Waals surface area contributed by atoms with Gasteiger partial charge in [0, 0.05) is 30.6 Å². The number of sulfonamides is 1. The van der Waals surface area contributed by atoms with Crippen LogP contribution in [0.1, 0.15) is 56.0 Å². The molecule has 8 nitrogen and oxygen atoms in total. The van der Waals surface area contributed by atoms with Gasteiger partial charge in [0.2, 0.25) is 11.8 Å². The van der Waals surface area contributed by atoms with Gasteiger partial charge in [-0.15, -0.1) is 0 Å². The first-order valence-corrected chi connectivity index (χ1v) is 13.4. The van der Waals surface area contributed by atoms with E-state index in [4.69, 9.17) is 11.6 Å². The Morgan fingerprint density at radius 2 is 1.74 bits per heavy atom. The number of nitrogens with zero attached hydrogens (tertiary/aromatic N) is 2. The van der Waals surface area contributed by atoms with Crippen molar-refractivity contribution < 1.29 is 22.8 Å². The van der Waals surface area contributed by atoms with Gasteiger partial charge >= 0.3 is 0 Å². The van der Waals surface area contributed by atoms with Crippen LogP contribution in [-0.2, 0) is 26.2 Å². The normalized spacial score (nSPS) is 15.9. The minimum atomic E-state index is -3.94. The van der Waals surface area contributed by atoms with Gasteiger partial charge in [-0.25, -0.2) is 12.7 Å². The fraction of sp³-hybridized carbons (Fsp3) is 0.400. The summed E-state index contributed by atoms with van der Waals surface area (Å²) in [4.78, 5) is 40.1. The highest BCUT2D eigenvalue weighted by atomic mass is 35.5. The second-order valence-electron chi connectivity index (χ2n) is 8.59. The Morgan fingerprint density at radius 3 is 2.40 bits per heavy atom. The first-order valence-electron chi connectivity index (χ1n) is 11.6. The van der Waals surface area contributed by atoms with E-state index in [0.717, 1.165) is 10.7 Å². The highest BCUT2D eigenvalue weighted by molar-refractivity contribution is 7.90. The minimum absolute atomic E-state index is 0.0213. The van der Waals surface area contributed by atoms with Gasteiger partial charge < -0.3 is 10.2 Å². The largest absolute Gasteiger partial charge is 0.352 e. The maximum absolute atomic E-state index is 13.2. The Hall–Kier alpha value is -2.91. The summed E-state index contributed by atoms with van der Waals surface area (Å²) in [6.07, 6.45) is 0.829. The molecule has 3 amide bonds. The monoisotopic (exact) mass is 519 g/mol. The Bertz CT molecular complexity index is 1220. The third kappa shape index (κ3) is 5.85. The SMILES string of the molecule is CC[C@H](C)NC(=O)[C@H](C)N(Cc1ccccc1Cl)C(=O)CCCN1C(=O)c2ccccc2S1(=O)=O. The van der Waals surface area contributed by atoms with Gasteiger partial charge in [0.25, 0.3) is 15.9 Å². The fourth-order valence-corrected chi connectivity index (χ4v) is 5.63. The summed E-state index contributed by atoms with van der Waals surface area (Å²) < 4.78 is 26.3. The Labute approximate surface area is 211 Å². The molecule has 0 fully saturated rings. The number of fused-ring (bicyclic) bond motifs is 1. The van der Waals surface area contributed by atoms with E-state index in [0.29, 0.717) is 10.6 Å². The average molecular weight is 520 g/mol. The highest BCUT2D eigenvalue weighted by Gasteiger charge is 2.40. The van der Waals surface area contributed by atoms with Gasteiger partial charge in [0.05, 0.1) is 5.56 Å². The zero-order valence-corrected chi connectivity index (χ0v) is 21.6. The molecule has 0 saturated carbocycles. The van der Waals surface area contributed by atoms with Crippen LogP contribution in [0.15, 0.2) is 53.4 Å². The van der Waals surface area contributed by atoms with E-state index in [2.05, 4.69) is 5.32 Å². The molecule has 2 aromatic carbocycles. The summed E-state index contributed by atoms with van der Waals surface area (Å²) in [6, 6.07) is 12.3. The van der Waals surface area contributed by atoms with E-state index in [1.807, 2.05) is 13.8 Å². The smallest absolute Gasteiger partial charge is 0.269 e. The molecule has 2 atom stereocenters. The molecule has 3 rings (SSSR count). The van der Waals surface area contributed by atoms with Crippen molar-refractivity contribution in [1.82, 2.24) is 14.5 Å². The van der Waals surface area contributed by atoms with Crippen LogP contribution in [0.25, 0.3) is 0 Å². The predicted molar refractivity (Wildman–Crippen MR) is 133 cm³/mol.